The molecule has 0 bridgehead atoms. The molecule has 0 saturated heterocycles. The van der Waals surface area contributed by atoms with Crippen molar-refractivity contribution in [2.75, 3.05) is 0 Å². The molecule has 4 rings (SSSR count). The van der Waals surface area contributed by atoms with Gasteiger partial charge in [-0.1, -0.05) is 46.8 Å². The van der Waals surface area contributed by atoms with Gasteiger partial charge in [0.05, 0.1) is 17.8 Å². The molecular formula is C30H52O3. The van der Waals surface area contributed by atoms with Gasteiger partial charge in [0.2, 0.25) is 0 Å². The lowest BCUT2D eigenvalue weighted by atomic mass is 9.35. The van der Waals surface area contributed by atoms with Crippen LogP contribution in [0.2, 0.25) is 0 Å². The highest BCUT2D eigenvalue weighted by Crippen LogP contribution is 2.75. The van der Waals surface area contributed by atoms with Crippen LogP contribution in [0.25, 0.3) is 0 Å². The molecule has 0 aliphatic heterocycles. The van der Waals surface area contributed by atoms with Gasteiger partial charge in [-0.15, -0.1) is 0 Å². The Labute approximate surface area is 203 Å². The highest BCUT2D eigenvalue weighted by Gasteiger charge is 2.68. The maximum atomic E-state index is 10.8. The topological polar surface area (TPSA) is 60.7 Å². The molecule has 0 unspecified atom stereocenters. The third-order valence-corrected chi connectivity index (χ3v) is 12.5. The first-order valence-corrected chi connectivity index (χ1v) is 13.8. The molecule has 0 spiro atoms. The highest BCUT2D eigenvalue weighted by atomic mass is 16.3. The number of hydrogen-bond donors (Lipinski definition) is 3. The van der Waals surface area contributed by atoms with Gasteiger partial charge < -0.3 is 15.3 Å². The zero-order valence-corrected chi connectivity index (χ0v) is 22.6. The van der Waals surface area contributed by atoms with E-state index in [9.17, 15) is 15.3 Å². The van der Waals surface area contributed by atoms with Crippen LogP contribution >= 0.6 is 0 Å². The average Bonchev–Trinajstić information content (AvgIpc) is 3.07. The van der Waals surface area contributed by atoms with Crippen LogP contribution in [-0.4, -0.2) is 33.1 Å². The average molecular weight is 461 g/mol. The monoisotopic (exact) mass is 460 g/mol. The molecule has 9 atom stereocenters. The Morgan fingerprint density at radius 1 is 0.909 bits per heavy atom. The Morgan fingerprint density at radius 3 is 2.18 bits per heavy atom. The molecule has 33 heavy (non-hydrogen) atoms. The van der Waals surface area contributed by atoms with Crippen LogP contribution < -0.4 is 0 Å². The van der Waals surface area contributed by atoms with Gasteiger partial charge >= 0.3 is 0 Å². The van der Waals surface area contributed by atoms with Crippen molar-refractivity contribution in [3.8, 4) is 0 Å². The molecule has 4 aliphatic carbocycles. The van der Waals surface area contributed by atoms with Crippen molar-refractivity contribution in [3.05, 3.63) is 12.2 Å². The van der Waals surface area contributed by atoms with Gasteiger partial charge in [-0.25, -0.2) is 0 Å². The van der Waals surface area contributed by atoms with Crippen LogP contribution in [0.1, 0.15) is 113 Å². The van der Waals surface area contributed by atoms with Gasteiger partial charge in [0.15, 0.2) is 0 Å². The summed E-state index contributed by atoms with van der Waals surface area (Å²) >= 11 is 0. The molecule has 0 aromatic carbocycles. The quantitative estimate of drug-likeness (QED) is 0.410. The van der Waals surface area contributed by atoms with E-state index in [1.165, 1.54) is 50.5 Å². The fourth-order valence-corrected chi connectivity index (χ4v) is 10.1. The van der Waals surface area contributed by atoms with E-state index in [1.807, 2.05) is 0 Å². The van der Waals surface area contributed by atoms with E-state index >= 15 is 0 Å². The zero-order valence-electron chi connectivity index (χ0n) is 22.6. The van der Waals surface area contributed by atoms with Gasteiger partial charge in [0.1, 0.15) is 0 Å². The van der Waals surface area contributed by atoms with Crippen LogP contribution in [0.5, 0.6) is 0 Å². The molecule has 190 valence electrons. The number of hydrogen-bond acceptors (Lipinski definition) is 3. The van der Waals surface area contributed by atoms with Gasteiger partial charge in [-0.2, -0.15) is 0 Å². The summed E-state index contributed by atoms with van der Waals surface area (Å²) in [6.45, 7) is 20.4. The van der Waals surface area contributed by atoms with E-state index < -0.39 is 11.7 Å². The molecule has 0 aromatic heterocycles. The summed E-state index contributed by atoms with van der Waals surface area (Å²) in [6.07, 6.45) is 10.3. The molecule has 0 amide bonds. The first-order chi connectivity index (χ1) is 15.1. The zero-order chi connectivity index (χ0) is 24.6. The Kier molecular flexibility index (Phi) is 6.28. The molecule has 0 heterocycles. The molecule has 0 radical (unpaired) electrons. The molecule has 3 heteroatoms. The fraction of sp³-hybridized carbons (Fsp3) is 0.933. The van der Waals surface area contributed by atoms with Crippen molar-refractivity contribution in [1.82, 2.24) is 0 Å². The maximum Gasteiger partial charge on any atom is 0.0849 e. The normalized spacial score (nSPS) is 47.9. The van der Waals surface area contributed by atoms with Crippen molar-refractivity contribution in [2.24, 2.45) is 45.3 Å². The van der Waals surface area contributed by atoms with Gasteiger partial charge in [-0.05, 0) is 123 Å². The van der Waals surface area contributed by atoms with Gasteiger partial charge in [-0.3, -0.25) is 0 Å². The predicted octanol–water partition coefficient (Wildman–Crippen LogP) is 6.50. The van der Waals surface area contributed by atoms with E-state index in [4.69, 9.17) is 0 Å². The fourth-order valence-electron chi connectivity index (χ4n) is 10.1. The molecule has 3 N–H and O–H groups in total. The summed E-state index contributed by atoms with van der Waals surface area (Å²) in [5, 5.41) is 31.3. The first kappa shape index (κ1) is 25.7. The number of allylic oxidation sites excluding steroid dienone is 1. The van der Waals surface area contributed by atoms with E-state index in [0.29, 0.717) is 40.4 Å². The minimum atomic E-state index is -1.05. The lowest BCUT2D eigenvalue weighted by Crippen LogP contribution is -2.63. The predicted molar refractivity (Wildman–Crippen MR) is 136 cm³/mol. The summed E-state index contributed by atoms with van der Waals surface area (Å²) in [4.78, 5) is 0. The second kappa shape index (κ2) is 8.07. The second-order valence-corrected chi connectivity index (χ2v) is 14.6. The standard InChI is InChI=1S/C30H52O3/c1-19(9-12-25(32)27(4,5)33)20-13-17-29(7)21(20)10-11-23-28(6)16-15-24(31)26(2,3)22(28)14-18-30(23,29)8/h20-25,31-33H,1,9-18H2,2-8H3/t20-,21-,22+,23-,24+,25-,28+,29-,30-/m1/s1. The van der Waals surface area contributed by atoms with E-state index in [-0.39, 0.29) is 11.5 Å². The number of aliphatic hydroxyl groups is 3. The molecular weight excluding hydrogens is 408 g/mol. The van der Waals surface area contributed by atoms with E-state index in [2.05, 4.69) is 41.2 Å². The number of rotatable bonds is 5. The Hall–Kier alpha value is -0.380. The Balaban J connectivity index is 1.55. The van der Waals surface area contributed by atoms with Gasteiger partial charge in [0, 0.05) is 0 Å². The summed E-state index contributed by atoms with van der Waals surface area (Å²) in [5.41, 5.74) is 1.28. The summed E-state index contributed by atoms with van der Waals surface area (Å²) in [5.74, 6) is 2.59. The van der Waals surface area contributed by atoms with Crippen LogP contribution in [0, 0.1) is 45.3 Å². The second-order valence-electron chi connectivity index (χ2n) is 14.6. The summed E-state index contributed by atoms with van der Waals surface area (Å²) < 4.78 is 0. The van der Waals surface area contributed by atoms with Gasteiger partial charge in [0.25, 0.3) is 0 Å². The van der Waals surface area contributed by atoms with Crippen molar-refractivity contribution >= 4 is 0 Å². The third-order valence-electron chi connectivity index (χ3n) is 12.5. The molecule has 4 fully saturated rings. The third kappa shape index (κ3) is 3.70. The van der Waals surface area contributed by atoms with Crippen LogP contribution in [0.3, 0.4) is 0 Å². The highest BCUT2D eigenvalue weighted by molar-refractivity contribution is 5.20. The number of aliphatic hydroxyl groups excluding tert-OH is 2. The first-order valence-electron chi connectivity index (χ1n) is 13.8. The SMILES string of the molecule is C=C(CC[C@@H](O)C(C)(C)O)[C@H]1CC[C@]2(C)[C@@H]1CC[C@@H]1[C@@]3(C)CC[C@H](O)C(C)(C)[C@@H]3CC[C@]12C. The van der Waals surface area contributed by atoms with Crippen LogP contribution in [0.4, 0.5) is 0 Å². The van der Waals surface area contributed by atoms with Crippen LogP contribution in [0.15, 0.2) is 12.2 Å². The molecule has 4 aliphatic rings. The largest absolute Gasteiger partial charge is 0.393 e. The molecule has 4 saturated carbocycles. The van der Waals surface area contributed by atoms with Crippen molar-refractivity contribution in [3.63, 3.8) is 0 Å². The Bertz CT molecular complexity index is 765. The minimum absolute atomic E-state index is 0.0138. The van der Waals surface area contributed by atoms with E-state index in [0.717, 1.165) is 18.8 Å². The number of fused-ring (bicyclic) bond motifs is 5. The van der Waals surface area contributed by atoms with E-state index in [1.54, 1.807) is 13.8 Å². The van der Waals surface area contributed by atoms with Crippen molar-refractivity contribution in [1.29, 1.82) is 0 Å². The summed E-state index contributed by atoms with van der Waals surface area (Å²) in [6, 6.07) is 0. The minimum Gasteiger partial charge on any atom is -0.393 e. The summed E-state index contributed by atoms with van der Waals surface area (Å²) in [7, 11) is 0. The van der Waals surface area contributed by atoms with Crippen LogP contribution in [-0.2, 0) is 0 Å². The van der Waals surface area contributed by atoms with Crippen molar-refractivity contribution in [2.45, 2.75) is 130 Å². The molecule has 3 nitrogen and oxygen atoms in total. The lowest BCUT2D eigenvalue weighted by molar-refractivity contribution is -0.220. The Morgan fingerprint density at radius 2 is 1.55 bits per heavy atom. The maximum absolute atomic E-state index is 10.8. The lowest BCUT2D eigenvalue weighted by Gasteiger charge is -2.69. The smallest absolute Gasteiger partial charge is 0.0849 e. The van der Waals surface area contributed by atoms with Crippen molar-refractivity contribution < 1.29 is 15.3 Å². The molecule has 0 aromatic rings.